The normalized spacial score (nSPS) is 19.4. The Morgan fingerprint density at radius 1 is 1.05 bits per heavy atom. The molecule has 1 aromatic rings. The quantitative estimate of drug-likeness (QED) is 0.801. The number of nitrogens with one attached hydrogen (secondary N) is 1. The molecule has 0 aliphatic heterocycles. The summed E-state index contributed by atoms with van der Waals surface area (Å²) in [6.07, 6.45) is 6.57. The molecule has 20 heavy (non-hydrogen) atoms. The number of hydrogen-bond donors (Lipinski definition) is 1. The first-order chi connectivity index (χ1) is 9.44. The summed E-state index contributed by atoms with van der Waals surface area (Å²) in [6.45, 7) is 10.4. The van der Waals surface area contributed by atoms with Crippen LogP contribution in [0.1, 0.15) is 64.5 Å². The standard InChI is InChI=1S/C19H31N/c1-15(2)13-16-5-7-17(8-6-16)14-20-18-9-11-19(3,4)12-10-18/h5-8,15,18,20H,9-14H2,1-4H3. The maximum Gasteiger partial charge on any atom is 0.0208 e. The summed E-state index contributed by atoms with van der Waals surface area (Å²) in [5.41, 5.74) is 3.45. The predicted octanol–water partition coefficient (Wildman–Crippen LogP) is 4.94. The van der Waals surface area contributed by atoms with Gasteiger partial charge in [0.25, 0.3) is 0 Å². The molecule has 0 aromatic heterocycles. The Morgan fingerprint density at radius 2 is 1.60 bits per heavy atom. The summed E-state index contributed by atoms with van der Waals surface area (Å²) in [7, 11) is 0. The van der Waals surface area contributed by atoms with E-state index in [1.54, 1.807) is 0 Å². The third kappa shape index (κ3) is 4.94. The molecular formula is C19H31N. The van der Waals surface area contributed by atoms with E-state index in [4.69, 9.17) is 0 Å². The van der Waals surface area contributed by atoms with Crippen LogP contribution in [-0.2, 0) is 13.0 Å². The molecule has 0 heterocycles. The van der Waals surface area contributed by atoms with E-state index in [1.807, 2.05) is 0 Å². The van der Waals surface area contributed by atoms with E-state index in [9.17, 15) is 0 Å². The second-order valence-electron chi connectivity index (χ2n) is 7.73. The van der Waals surface area contributed by atoms with Crippen LogP contribution in [0.5, 0.6) is 0 Å². The van der Waals surface area contributed by atoms with Crippen molar-refractivity contribution < 1.29 is 0 Å². The van der Waals surface area contributed by atoms with Gasteiger partial charge in [0, 0.05) is 12.6 Å². The highest BCUT2D eigenvalue weighted by Gasteiger charge is 2.26. The van der Waals surface area contributed by atoms with E-state index in [0.29, 0.717) is 5.41 Å². The topological polar surface area (TPSA) is 12.0 Å². The van der Waals surface area contributed by atoms with Crippen molar-refractivity contribution >= 4 is 0 Å². The van der Waals surface area contributed by atoms with Crippen LogP contribution in [0, 0.1) is 11.3 Å². The van der Waals surface area contributed by atoms with Crippen molar-refractivity contribution in [3.63, 3.8) is 0 Å². The largest absolute Gasteiger partial charge is 0.310 e. The summed E-state index contributed by atoms with van der Waals surface area (Å²) in [5, 5.41) is 3.74. The van der Waals surface area contributed by atoms with E-state index in [2.05, 4.69) is 57.3 Å². The van der Waals surface area contributed by atoms with Crippen LogP contribution < -0.4 is 5.32 Å². The van der Waals surface area contributed by atoms with E-state index in [-0.39, 0.29) is 0 Å². The molecule has 0 spiro atoms. The molecule has 1 N–H and O–H groups in total. The maximum absolute atomic E-state index is 3.74. The van der Waals surface area contributed by atoms with Crippen molar-refractivity contribution in [3.8, 4) is 0 Å². The minimum Gasteiger partial charge on any atom is -0.310 e. The molecule has 0 amide bonds. The summed E-state index contributed by atoms with van der Waals surface area (Å²) >= 11 is 0. The number of hydrogen-bond acceptors (Lipinski definition) is 1. The van der Waals surface area contributed by atoms with E-state index < -0.39 is 0 Å². The van der Waals surface area contributed by atoms with Gasteiger partial charge in [0.05, 0.1) is 0 Å². The fraction of sp³-hybridized carbons (Fsp3) is 0.684. The Labute approximate surface area is 125 Å². The van der Waals surface area contributed by atoms with Crippen LogP contribution in [-0.4, -0.2) is 6.04 Å². The van der Waals surface area contributed by atoms with Crippen molar-refractivity contribution in [2.24, 2.45) is 11.3 Å². The highest BCUT2D eigenvalue weighted by Crippen LogP contribution is 2.35. The minimum absolute atomic E-state index is 0.566. The third-order valence-corrected chi connectivity index (χ3v) is 4.60. The molecule has 1 aliphatic carbocycles. The lowest BCUT2D eigenvalue weighted by atomic mass is 9.75. The summed E-state index contributed by atoms with van der Waals surface area (Å²) < 4.78 is 0. The predicted molar refractivity (Wildman–Crippen MR) is 87.9 cm³/mol. The molecule has 1 aromatic carbocycles. The second-order valence-corrected chi connectivity index (χ2v) is 7.73. The summed E-state index contributed by atoms with van der Waals surface area (Å²) in [4.78, 5) is 0. The molecule has 1 saturated carbocycles. The molecule has 0 saturated heterocycles. The fourth-order valence-corrected chi connectivity index (χ4v) is 3.13. The van der Waals surface area contributed by atoms with Crippen molar-refractivity contribution in [1.29, 1.82) is 0 Å². The van der Waals surface area contributed by atoms with Gasteiger partial charge in [0.15, 0.2) is 0 Å². The van der Waals surface area contributed by atoms with E-state index in [1.165, 1.54) is 43.2 Å². The van der Waals surface area contributed by atoms with Crippen molar-refractivity contribution in [1.82, 2.24) is 5.32 Å². The summed E-state index contributed by atoms with van der Waals surface area (Å²) in [6, 6.07) is 9.88. The van der Waals surface area contributed by atoms with Gasteiger partial charge in [-0.05, 0) is 54.6 Å². The molecular weight excluding hydrogens is 242 g/mol. The fourth-order valence-electron chi connectivity index (χ4n) is 3.13. The zero-order valence-corrected chi connectivity index (χ0v) is 13.7. The average Bonchev–Trinajstić information content (AvgIpc) is 2.38. The van der Waals surface area contributed by atoms with Crippen LogP contribution in [0.4, 0.5) is 0 Å². The first-order valence-corrected chi connectivity index (χ1v) is 8.26. The van der Waals surface area contributed by atoms with Gasteiger partial charge in [-0.1, -0.05) is 52.0 Å². The van der Waals surface area contributed by atoms with Crippen LogP contribution >= 0.6 is 0 Å². The monoisotopic (exact) mass is 273 g/mol. The molecule has 2 rings (SSSR count). The van der Waals surface area contributed by atoms with Gasteiger partial charge in [0.1, 0.15) is 0 Å². The lowest BCUT2D eigenvalue weighted by Gasteiger charge is -2.34. The first kappa shape index (κ1) is 15.6. The second kappa shape index (κ2) is 6.76. The highest BCUT2D eigenvalue weighted by atomic mass is 14.9. The molecule has 0 unspecified atom stereocenters. The average molecular weight is 273 g/mol. The molecule has 0 atom stereocenters. The molecule has 1 heteroatoms. The highest BCUT2D eigenvalue weighted by molar-refractivity contribution is 5.22. The van der Waals surface area contributed by atoms with Gasteiger partial charge >= 0.3 is 0 Å². The minimum atomic E-state index is 0.566. The van der Waals surface area contributed by atoms with Gasteiger partial charge < -0.3 is 5.32 Å². The van der Waals surface area contributed by atoms with Gasteiger partial charge in [-0.2, -0.15) is 0 Å². The van der Waals surface area contributed by atoms with Crippen molar-refractivity contribution in [3.05, 3.63) is 35.4 Å². The van der Waals surface area contributed by atoms with Gasteiger partial charge in [-0.25, -0.2) is 0 Å². The molecule has 1 aliphatic rings. The molecule has 0 radical (unpaired) electrons. The smallest absolute Gasteiger partial charge is 0.0208 e. The molecule has 0 bridgehead atoms. The van der Waals surface area contributed by atoms with Gasteiger partial charge in [0.2, 0.25) is 0 Å². The van der Waals surface area contributed by atoms with E-state index in [0.717, 1.165) is 18.5 Å². The summed E-state index contributed by atoms with van der Waals surface area (Å²) in [5.74, 6) is 0.740. The Kier molecular flexibility index (Phi) is 5.26. The van der Waals surface area contributed by atoms with E-state index >= 15 is 0 Å². The molecule has 1 fully saturated rings. The van der Waals surface area contributed by atoms with Crippen LogP contribution in [0.2, 0.25) is 0 Å². The Bertz CT molecular complexity index is 392. The van der Waals surface area contributed by atoms with Crippen LogP contribution in [0.3, 0.4) is 0 Å². The Morgan fingerprint density at radius 3 is 2.15 bits per heavy atom. The first-order valence-electron chi connectivity index (χ1n) is 8.26. The lowest BCUT2D eigenvalue weighted by molar-refractivity contribution is 0.206. The van der Waals surface area contributed by atoms with Gasteiger partial charge in [-0.15, -0.1) is 0 Å². The van der Waals surface area contributed by atoms with Gasteiger partial charge in [-0.3, -0.25) is 0 Å². The van der Waals surface area contributed by atoms with Crippen molar-refractivity contribution in [2.45, 2.75) is 72.4 Å². The Balaban J connectivity index is 1.77. The number of benzene rings is 1. The lowest BCUT2D eigenvalue weighted by Crippen LogP contribution is -2.35. The maximum atomic E-state index is 3.74. The molecule has 1 nitrogen and oxygen atoms in total. The third-order valence-electron chi connectivity index (χ3n) is 4.60. The Hall–Kier alpha value is -0.820. The van der Waals surface area contributed by atoms with Crippen molar-refractivity contribution in [2.75, 3.05) is 0 Å². The molecule has 112 valence electrons. The SMILES string of the molecule is CC(C)Cc1ccc(CNC2CCC(C)(C)CC2)cc1. The van der Waals surface area contributed by atoms with Crippen LogP contribution in [0.25, 0.3) is 0 Å². The van der Waals surface area contributed by atoms with Crippen LogP contribution in [0.15, 0.2) is 24.3 Å². The zero-order valence-electron chi connectivity index (χ0n) is 13.7. The number of rotatable bonds is 5. The zero-order chi connectivity index (χ0) is 14.6.